The smallest absolute Gasteiger partial charge is 0.247 e. The lowest BCUT2D eigenvalue weighted by Crippen LogP contribution is -2.58. The van der Waals surface area contributed by atoms with Crippen LogP contribution >= 0.6 is 27.7 Å². The largest absolute Gasteiger partial charge is 0.394 e. The summed E-state index contributed by atoms with van der Waals surface area (Å²) in [7, 11) is 0. The Labute approximate surface area is 245 Å². The van der Waals surface area contributed by atoms with Crippen LogP contribution in [0.1, 0.15) is 26.7 Å². The molecule has 4 heterocycles. The fourth-order valence-electron chi connectivity index (χ4n) is 6.83. The maximum absolute atomic E-state index is 14.5. The second-order valence-electron chi connectivity index (χ2n) is 11.0. The highest BCUT2D eigenvalue weighted by atomic mass is 79.9. The lowest BCUT2D eigenvalue weighted by Gasteiger charge is -2.40. The summed E-state index contributed by atoms with van der Waals surface area (Å²) in [6.07, 6.45) is 4.87. The van der Waals surface area contributed by atoms with Crippen LogP contribution in [0.4, 0.5) is 0 Å². The van der Waals surface area contributed by atoms with Crippen molar-refractivity contribution in [2.45, 2.75) is 53.6 Å². The molecule has 0 saturated carbocycles. The first kappa shape index (κ1) is 30.6. The van der Waals surface area contributed by atoms with E-state index >= 15 is 0 Å². The maximum Gasteiger partial charge on any atom is 0.247 e. The van der Waals surface area contributed by atoms with Crippen LogP contribution in [-0.2, 0) is 19.1 Å². The molecule has 4 aliphatic heterocycles. The molecule has 0 aromatic heterocycles. The molecule has 218 valence electrons. The lowest BCUT2D eigenvalue weighted by molar-refractivity contribution is -0.146. The number of morpholine rings is 1. The molecule has 3 amide bonds. The zero-order chi connectivity index (χ0) is 28.3. The molecule has 3 unspecified atom stereocenters. The number of carbonyl (C=O) groups is 3. The van der Waals surface area contributed by atoms with Gasteiger partial charge in [0.2, 0.25) is 17.7 Å². The maximum atomic E-state index is 14.5. The third-order valence-corrected chi connectivity index (χ3v) is 11.8. The molecule has 11 heteroatoms. The first-order chi connectivity index (χ1) is 18.7. The van der Waals surface area contributed by atoms with Crippen LogP contribution in [0.15, 0.2) is 25.3 Å². The van der Waals surface area contributed by atoms with E-state index in [9.17, 15) is 19.5 Å². The second kappa shape index (κ2) is 13.1. The number of hydrogen-bond acceptors (Lipinski definition) is 7. The summed E-state index contributed by atoms with van der Waals surface area (Å²) in [4.78, 5) is 50.1. The van der Waals surface area contributed by atoms with Crippen LogP contribution < -0.4 is 0 Å². The molecule has 4 rings (SSSR count). The van der Waals surface area contributed by atoms with Gasteiger partial charge in [-0.15, -0.1) is 24.9 Å². The summed E-state index contributed by atoms with van der Waals surface area (Å²) in [6.45, 7) is 16.9. The number of hydrogen-bond donors (Lipinski definition) is 1. The number of thioether (sulfide) groups is 1. The standard InChI is InChI=1S/C28H43BrN4O5S/c1-5-8-31(9-6-2)25(35)21-22-26(36)33(19(4)18-34)24(28(22)17-20(29)23(21)39-28)27(37)32(10-7-3)12-11-30-13-15-38-16-14-30/h5,7,19-24,34H,1,3,6,8-18H2,2,4H3/t19-,20?,21-,22+,23-,24?,28?/m1/s1. The first-order valence-corrected chi connectivity index (χ1v) is 15.9. The van der Waals surface area contributed by atoms with E-state index in [0.717, 1.165) is 19.5 Å². The molecule has 39 heavy (non-hydrogen) atoms. The fourth-order valence-corrected chi connectivity index (χ4v) is 10.4. The zero-order valence-electron chi connectivity index (χ0n) is 23.2. The molecule has 9 nitrogen and oxygen atoms in total. The Bertz CT molecular complexity index is 949. The van der Waals surface area contributed by atoms with E-state index in [1.807, 2.05) is 6.92 Å². The van der Waals surface area contributed by atoms with E-state index < -0.39 is 28.7 Å². The van der Waals surface area contributed by atoms with Crippen molar-refractivity contribution in [1.82, 2.24) is 19.6 Å². The van der Waals surface area contributed by atoms with Crippen molar-refractivity contribution in [2.75, 3.05) is 65.6 Å². The number of fused-ring (bicyclic) bond motifs is 1. The molecule has 4 saturated heterocycles. The van der Waals surface area contributed by atoms with Gasteiger partial charge in [0.25, 0.3) is 0 Å². The van der Waals surface area contributed by atoms with Crippen LogP contribution in [-0.4, -0.2) is 135 Å². The highest BCUT2D eigenvalue weighted by Crippen LogP contribution is 2.68. The summed E-state index contributed by atoms with van der Waals surface area (Å²) in [6, 6.07) is -1.30. The SMILES string of the molecule is C=CCN(CCN1CCOCC1)C(=O)C1N([C@H](C)CO)C(=O)[C@@H]2[C@@H](C(=O)N(CC=C)CCC)[C@@H]3SC12CC3Br. The highest BCUT2D eigenvalue weighted by Gasteiger charge is 2.76. The van der Waals surface area contributed by atoms with Gasteiger partial charge in [0.05, 0.1) is 42.4 Å². The lowest BCUT2D eigenvalue weighted by atomic mass is 9.70. The van der Waals surface area contributed by atoms with Crippen molar-refractivity contribution >= 4 is 45.4 Å². The quantitative estimate of drug-likeness (QED) is 0.245. The number of nitrogens with zero attached hydrogens (tertiary/aromatic N) is 4. The van der Waals surface area contributed by atoms with Gasteiger partial charge in [-0.2, -0.15) is 0 Å². The van der Waals surface area contributed by atoms with E-state index in [2.05, 4.69) is 34.0 Å². The fraction of sp³-hybridized carbons (Fsp3) is 0.750. The number of carbonyl (C=O) groups excluding carboxylic acids is 3. The Morgan fingerprint density at radius 2 is 1.85 bits per heavy atom. The minimum Gasteiger partial charge on any atom is -0.394 e. The molecular formula is C28H43BrN4O5S. The Morgan fingerprint density at radius 3 is 2.44 bits per heavy atom. The number of aliphatic hydroxyl groups excluding tert-OH is 1. The topological polar surface area (TPSA) is 93.6 Å². The monoisotopic (exact) mass is 626 g/mol. The molecule has 1 spiro atoms. The second-order valence-corrected chi connectivity index (χ2v) is 13.8. The molecular weight excluding hydrogens is 584 g/mol. The van der Waals surface area contributed by atoms with Crippen molar-refractivity contribution in [3.05, 3.63) is 25.3 Å². The number of halogens is 1. The van der Waals surface area contributed by atoms with E-state index in [0.29, 0.717) is 52.4 Å². The van der Waals surface area contributed by atoms with Crippen molar-refractivity contribution in [3.63, 3.8) is 0 Å². The van der Waals surface area contributed by atoms with Gasteiger partial charge in [0, 0.05) is 55.9 Å². The molecule has 7 atom stereocenters. The molecule has 0 aliphatic carbocycles. The van der Waals surface area contributed by atoms with Gasteiger partial charge < -0.3 is 24.5 Å². The summed E-state index contributed by atoms with van der Waals surface area (Å²) in [5.74, 6) is -1.50. The summed E-state index contributed by atoms with van der Waals surface area (Å²) in [5, 5.41) is 10.1. The van der Waals surface area contributed by atoms with Crippen LogP contribution in [0.25, 0.3) is 0 Å². The Hall–Kier alpha value is -1.40. The molecule has 2 bridgehead atoms. The van der Waals surface area contributed by atoms with Crippen LogP contribution in [0.5, 0.6) is 0 Å². The number of ether oxygens (including phenoxy) is 1. The number of alkyl halides is 1. The number of amides is 3. The molecule has 0 aromatic carbocycles. The molecule has 1 N–H and O–H groups in total. The zero-order valence-corrected chi connectivity index (χ0v) is 25.6. The third kappa shape index (κ3) is 5.58. The summed E-state index contributed by atoms with van der Waals surface area (Å²) < 4.78 is 4.73. The average molecular weight is 628 g/mol. The Morgan fingerprint density at radius 1 is 1.21 bits per heavy atom. The predicted molar refractivity (Wildman–Crippen MR) is 157 cm³/mol. The van der Waals surface area contributed by atoms with Gasteiger partial charge in [-0.1, -0.05) is 35.0 Å². The Kier molecular flexibility index (Phi) is 10.2. The first-order valence-electron chi connectivity index (χ1n) is 14.1. The van der Waals surface area contributed by atoms with Crippen molar-refractivity contribution in [3.8, 4) is 0 Å². The third-order valence-electron chi connectivity index (χ3n) is 8.59. The van der Waals surface area contributed by atoms with Crippen molar-refractivity contribution in [1.29, 1.82) is 0 Å². The number of aliphatic hydroxyl groups is 1. The van der Waals surface area contributed by atoms with Gasteiger partial charge in [0.15, 0.2) is 0 Å². The van der Waals surface area contributed by atoms with Crippen molar-refractivity contribution in [2.24, 2.45) is 11.8 Å². The van der Waals surface area contributed by atoms with Gasteiger partial charge in [0.1, 0.15) is 6.04 Å². The van der Waals surface area contributed by atoms with E-state index in [1.54, 1.807) is 45.5 Å². The van der Waals surface area contributed by atoms with Gasteiger partial charge >= 0.3 is 0 Å². The van der Waals surface area contributed by atoms with E-state index in [1.165, 1.54) is 0 Å². The van der Waals surface area contributed by atoms with Crippen LogP contribution in [0, 0.1) is 11.8 Å². The van der Waals surface area contributed by atoms with E-state index in [4.69, 9.17) is 4.74 Å². The minimum atomic E-state index is -0.756. The summed E-state index contributed by atoms with van der Waals surface area (Å²) >= 11 is 5.47. The highest BCUT2D eigenvalue weighted by molar-refractivity contribution is 9.09. The summed E-state index contributed by atoms with van der Waals surface area (Å²) in [5.41, 5.74) is 0. The minimum absolute atomic E-state index is 0.00796. The molecule has 4 aliphatic rings. The molecule has 0 radical (unpaired) electrons. The number of likely N-dealkylation sites (tertiary alicyclic amines) is 1. The van der Waals surface area contributed by atoms with E-state index in [-0.39, 0.29) is 34.4 Å². The predicted octanol–water partition coefficient (Wildman–Crippen LogP) is 1.60. The van der Waals surface area contributed by atoms with Gasteiger partial charge in [-0.3, -0.25) is 19.3 Å². The normalized spacial score (nSPS) is 32.7. The number of rotatable bonds is 13. The van der Waals surface area contributed by atoms with Gasteiger partial charge in [-0.25, -0.2) is 0 Å². The van der Waals surface area contributed by atoms with Crippen molar-refractivity contribution < 1.29 is 24.2 Å². The molecule has 0 aromatic rings. The average Bonchev–Trinajstić information content (AvgIpc) is 3.53. The van der Waals surface area contributed by atoms with Crippen LogP contribution in [0.3, 0.4) is 0 Å². The Balaban J connectivity index is 1.68. The van der Waals surface area contributed by atoms with Gasteiger partial charge in [-0.05, 0) is 19.8 Å². The van der Waals surface area contributed by atoms with Crippen LogP contribution in [0.2, 0.25) is 0 Å². The molecule has 4 fully saturated rings.